The molecule has 0 unspecified atom stereocenters. The fourth-order valence-electron chi connectivity index (χ4n) is 2.44. The summed E-state index contributed by atoms with van der Waals surface area (Å²) in [5, 5.41) is 12.7. The fourth-order valence-corrected chi connectivity index (χ4v) is 2.44. The van der Waals surface area contributed by atoms with Crippen LogP contribution in [0.4, 0.5) is 5.95 Å². The van der Waals surface area contributed by atoms with E-state index in [1.54, 1.807) is 14.2 Å². The zero-order chi connectivity index (χ0) is 16.9. The summed E-state index contributed by atoms with van der Waals surface area (Å²) < 4.78 is 5.19. The van der Waals surface area contributed by atoms with Gasteiger partial charge in [-0.3, -0.25) is 0 Å². The molecule has 0 aliphatic heterocycles. The maximum atomic E-state index is 9.71. The highest BCUT2D eigenvalue weighted by Crippen LogP contribution is 2.31. The minimum Gasteiger partial charge on any atom is -0.497 e. The molecule has 5 heteroatoms. The van der Waals surface area contributed by atoms with Crippen molar-refractivity contribution in [2.24, 2.45) is 0 Å². The van der Waals surface area contributed by atoms with Crippen LogP contribution in [0.5, 0.6) is 5.75 Å². The van der Waals surface area contributed by atoms with Crippen molar-refractivity contribution in [2.45, 2.75) is 0 Å². The van der Waals surface area contributed by atoms with E-state index in [4.69, 9.17) is 4.74 Å². The predicted molar refractivity (Wildman–Crippen MR) is 93.7 cm³/mol. The summed E-state index contributed by atoms with van der Waals surface area (Å²) in [6, 6.07) is 19.4. The van der Waals surface area contributed by atoms with Crippen molar-refractivity contribution >= 4 is 5.95 Å². The second-order valence-electron chi connectivity index (χ2n) is 5.08. The number of rotatable bonds is 4. The summed E-state index contributed by atoms with van der Waals surface area (Å²) in [5.74, 6) is 1.22. The summed E-state index contributed by atoms with van der Waals surface area (Å²) in [6.07, 6.45) is 0. The molecular formula is C19H16N4O. The summed E-state index contributed by atoms with van der Waals surface area (Å²) in [4.78, 5) is 8.97. The van der Waals surface area contributed by atoms with E-state index in [9.17, 15) is 5.26 Å². The first-order chi connectivity index (χ1) is 11.8. The van der Waals surface area contributed by atoms with Crippen LogP contribution in [0.3, 0.4) is 0 Å². The van der Waals surface area contributed by atoms with Gasteiger partial charge in [0.15, 0.2) is 0 Å². The third-order valence-corrected chi connectivity index (χ3v) is 3.66. The second-order valence-corrected chi connectivity index (χ2v) is 5.08. The molecule has 0 spiro atoms. The Morgan fingerprint density at radius 2 is 1.50 bits per heavy atom. The molecule has 0 radical (unpaired) electrons. The van der Waals surface area contributed by atoms with Crippen LogP contribution in [0.25, 0.3) is 22.5 Å². The molecule has 0 saturated carbocycles. The molecule has 5 nitrogen and oxygen atoms in total. The molecule has 0 bridgehead atoms. The van der Waals surface area contributed by atoms with Gasteiger partial charge in [0.25, 0.3) is 0 Å². The maximum Gasteiger partial charge on any atom is 0.223 e. The Bertz CT molecular complexity index is 884. The van der Waals surface area contributed by atoms with Crippen molar-refractivity contribution in [3.05, 3.63) is 60.2 Å². The van der Waals surface area contributed by atoms with Crippen LogP contribution in [0.1, 0.15) is 5.56 Å². The largest absolute Gasteiger partial charge is 0.497 e. The Morgan fingerprint density at radius 1 is 0.917 bits per heavy atom. The van der Waals surface area contributed by atoms with E-state index in [1.165, 1.54) is 0 Å². The van der Waals surface area contributed by atoms with Gasteiger partial charge in [-0.05, 0) is 24.3 Å². The minimum absolute atomic E-state index is 0.449. The number of ether oxygens (including phenoxy) is 1. The van der Waals surface area contributed by atoms with Crippen molar-refractivity contribution in [1.29, 1.82) is 5.26 Å². The van der Waals surface area contributed by atoms with Gasteiger partial charge in [-0.2, -0.15) is 5.26 Å². The van der Waals surface area contributed by atoms with Crippen LogP contribution in [0.2, 0.25) is 0 Å². The zero-order valence-corrected chi connectivity index (χ0v) is 13.4. The zero-order valence-electron chi connectivity index (χ0n) is 13.4. The van der Waals surface area contributed by atoms with Crippen molar-refractivity contribution in [3.8, 4) is 34.3 Å². The lowest BCUT2D eigenvalue weighted by atomic mass is 10.0. The summed E-state index contributed by atoms with van der Waals surface area (Å²) in [6.45, 7) is 0. The van der Waals surface area contributed by atoms with E-state index < -0.39 is 0 Å². The van der Waals surface area contributed by atoms with Gasteiger partial charge >= 0.3 is 0 Å². The average Bonchev–Trinajstić information content (AvgIpc) is 2.67. The first-order valence-electron chi connectivity index (χ1n) is 7.46. The molecule has 0 atom stereocenters. The fraction of sp³-hybridized carbons (Fsp3) is 0.105. The van der Waals surface area contributed by atoms with Crippen molar-refractivity contribution in [1.82, 2.24) is 9.97 Å². The molecular weight excluding hydrogens is 300 g/mol. The molecule has 3 rings (SSSR count). The molecule has 0 aliphatic rings. The Balaban J connectivity index is 2.23. The molecule has 0 amide bonds. The van der Waals surface area contributed by atoms with E-state index in [1.807, 2.05) is 54.6 Å². The number of anilines is 1. The Morgan fingerprint density at radius 3 is 2.00 bits per heavy atom. The first kappa shape index (κ1) is 15.5. The number of benzene rings is 2. The van der Waals surface area contributed by atoms with Crippen LogP contribution in [0.15, 0.2) is 54.6 Å². The summed E-state index contributed by atoms with van der Waals surface area (Å²) in [7, 11) is 3.38. The van der Waals surface area contributed by atoms with Crippen molar-refractivity contribution in [2.75, 3.05) is 19.5 Å². The highest BCUT2D eigenvalue weighted by molar-refractivity contribution is 5.78. The first-order valence-corrected chi connectivity index (χ1v) is 7.46. The molecule has 3 aromatic rings. The monoisotopic (exact) mass is 316 g/mol. The highest BCUT2D eigenvalue weighted by Gasteiger charge is 2.17. The third-order valence-electron chi connectivity index (χ3n) is 3.66. The number of nitrogens with zero attached hydrogens (tertiary/aromatic N) is 3. The lowest BCUT2D eigenvalue weighted by molar-refractivity contribution is 0.415. The number of methoxy groups -OCH3 is 1. The van der Waals surface area contributed by atoms with E-state index in [0.29, 0.717) is 22.9 Å². The molecule has 0 saturated heterocycles. The number of nitrogens with one attached hydrogen (secondary N) is 1. The molecule has 1 heterocycles. The minimum atomic E-state index is 0.449. The number of hydrogen-bond acceptors (Lipinski definition) is 5. The van der Waals surface area contributed by atoms with E-state index in [2.05, 4.69) is 21.4 Å². The molecule has 2 aromatic carbocycles. The molecule has 1 N–H and O–H groups in total. The third kappa shape index (κ3) is 2.90. The Kier molecular flexibility index (Phi) is 4.39. The van der Waals surface area contributed by atoms with Gasteiger partial charge in [-0.15, -0.1) is 0 Å². The molecule has 118 valence electrons. The van der Waals surface area contributed by atoms with Crippen LogP contribution in [-0.2, 0) is 0 Å². The van der Waals surface area contributed by atoms with Gasteiger partial charge in [0.2, 0.25) is 5.95 Å². The smallest absolute Gasteiger partial charge is 0.223 e. The maximum absolute atomic E-state index is 9.71. The quantitative estimate of drug-likeness (QED) is 0.794. The van der Waals surface area contributed by atoms with E-state index in [0.717, 1.165) is 16.9 Å². The normalized spacial score (nSPS) is 10.0. The lowest BCUT2D eigenvalue weighted by Crippen LogP contribution is -2.03. The van der Waals surface area contributed by atoms with Crippen molar-refractivity contribution < 1.29 is 4.74 Å². The molecule has 1 aromatic heterocycles. The summed E-state index contributed by atoms with van der Waals surface area (Å²) >= 11 is 0. The molecule has 0 aliphatic carbocycles. The van der Waals surface area contributed by atoms with Crippen LogP contribution >= 0.6 is 0 Å². The van der Waals surface area contributed by atoms with Crippen molar-refractivity contribution in [3.63, 3.8) is 0 Å². The molecule has 0 fully saturated rings. The standard InChI is InChI=1S/C19H16N4O/c1-21-19-22-17(13-6-4-3-5-7-13)16(12-20)18(23-19)14-8-10-15(24-2)11-9-14/h3-11H,1-2H3,(H,21,22,23). The number of nitriles is 1. The number of aromatic nitrogens is 2. The van der Waals surface area contributed by atoms with Gasteiger partial charge in [0.05, 0.1) is 18.5 Å². The van der Waals surface area contributed by atoms with Gasteiger partial charge in [-0.25, -0.2) is 9.97 Å². The summed E-state index contributed by atoms with van der Waals surface area (Å²) in [5.41, 5.74) is 3.37. The van der Waals surface area contributed by atoms with Gasteiger partial charge in [0.1, 0.15) is 17.4 Å². The van der Waals surface area contributed by atoms with Gasteiger partial charge < -0.3 is 10.1 Å². The van der Waals surface area contributed by atoms with Crippen LogP contribution in [0, 0.1) is 11.3 Å². The average molecular weight is 316 g/mol. The van der Waals surface area contributed by atoms with Crippen LogP contribution < -0.4 is 10.1 Å². The van der Waals surface area contributed by atoms with Gasteiger partial charge in [-0.1, -0.05) is 30.3 Å². The molecule has 24 heavy (non-hydrogen) atoms. The topological polar surface area (TPSA) is 70.8 Å². The Hall–Kier alpha value is -3.39. The Labute approximate surface area is 140 Å². The van der Waals surface area contributed by atoms with Gasteiger partial charge in [0, 0.05) is 18.2 Å². The van der Waals surface area contributed by atoms with E-state index >= 15 is 0 Å². The predicted octanol–water partition coefficient (Wildman–Crippen LogP) is 3.73. The highest BCUT2D eigenvalue weighted by atomic mass is 16.5. The SMILES string of the molecule is CNc1nc(-c2ccccc2)c(C#N)c(-c2ccc(OC)cc2)n1. The number of hydrogen-bond donors (Lipinski definition) is 1. The second kappa shape index (κ2) is 6.80. The van der Waals surface area contributed by atoms with Crippen LogP contribution in [-0.4, -0.2) is 24.1 Å². The lowest BCUT2D eigenvalue weighted by Gasteiger charge is -2.11. The van der Waals surface area contributed by atoms with E-state index in [-0.39, 0.29) is 0 Å².